The first-order valence-electron chi connectivity index (χ1n) is 7.09. The summed E-state index contributed by atoms with van der Waals surface area (Å²) in [6.07, 6.45) is 7.55. The van der Waals surface area contributed by atoms with Gasteiger partial charge >= 0.3 is 0 Å². The van der Waals surface area contributed by atoms with Gasteiger partial charge in [-0.1, -0.05) is 40.5 Å². The Morgan fingerprint density at radius 2 is 1.60 bits per heavy atom. The standard InChI is InChI=1S/C15H28/c1-10(2)13-8-6-12(4)14-7-5-11(3)9-15(13)14/h10-15H,5-9H2,1-4H3/t11-,12-,13-,14+,15-/m0/s1. The molecule has 0 bridgehead atoms. The Labute approximate surface area is 95.8 Å². The van der Waals surface area contributed by atoms with Crippen molar-refractivity contribution in [2.45, 2.75) is 59.8 Å². The fourth-order valence-electron chi connectivity index (χ4n) is 4.36. The van der Waals surface area contributed by atoms with E-state index in [0.717, 1.165) is 35.5 Å². The smallest absolute Gasteiger partial charge is 0.0350 e. The van der Waals surface area contributed by atoms with E-state index in [2.05, 4.69) is 27.7 Å². The lowest BCUT2D eigenvalue weighted by molar-refractivity contribution is 0.0182. The third kappa shape index (κ3) is 2.24. The van der Waals surface area contributed by atoms with E-state index in [4.69, 9.17) is 0 Å². The zero-order valence-electron chi connectivity index (χ0n) is 11.0. The summed E-state index contributed by atoms with van der Waals surface area (Å²) >= 11 is 0. The van der Waals surface area contributed by atoms with Gasteiger partial charge in [-0.05, 0) is 54.8 Å². The summed E-state index contributed by atoms with van der Waals surface area (Å²) in [5, 5.41) is 0. The van der Waals surface area contributed by atoms with Gasteiger partial charge in [0.05, 0.1) is 0 Å². The molecular formula is C15H28. The van der Waals surface area contributed by atoms with Crippen molar-refractivity contribution in [3.8, 4) is 0 Å². The van der Waals surface area contributed by atoms with Crippen LogP contribution in [-0.2, 0) is 0 Å². The van der Waals surface area contributed by atoms with Crippen LogP contribution >= 0.6 is 0 Å². The summed E-state index contributed by atoms with van der Waals surface area (Å²) < 4.78 is 0. The zero-order chi connectivity index (χ0) is 11.0. The van der Waals surface area contributed by atoms with Crippen molar-refractivity contribution in [2.24, 2.45) is 35.5 Å². The largest absolute Gasteiger partial charge is 0.0625 e. The molecule has 2 saturated carbocycles. The summed E-state index contributed by atoms with van der Waals surface area (Å²) in [5.41, 5.74) is 0. The number of rotatable bonds is 1. The molecule has 0 aliphatic heterocycles. The van der Waals surface area contributed by atoms with Gasteiger partial charge in [-0.2, -0.15) is 0 Å². The first-order chi connectivity index (χ1) is 7.09. The van der Waals surface area contributed by atoms with Crippen molar-refractivity contribution in [3.63, 3.8) is 0 Å². The van der Waals surface area contributed by atoms with Crippen molar-refractivity contribution in [2.75, 3.05) is 0 Å². The van der Waals surface area contributed by atoms with Crippen LogP contribution in [0.5, 0.6) is 0 Å². The lowest BCUT2D eigenvalue weighted by Gasteiger charge is -2.48. The molecule has 2 fully saturated rings. The van der Waals surface area contributed by atoms with Crippen LogP contribution < -0.4 is 0 Å². The highest BCUT2D eigenvalue weighted by molar-refractivity contribution is 4.90. The van der Waals surface area contributed by atoms with Crippen LogP contribution in [0.15, 0.2) is 0 Å². The predicted molar refractivity (Wildman–Crippen MR) is 66.7 cm³/mol. The molecule has 0 aromatic carbocycles. The molecule has 2 rings (SSSR count). The van der Waals surface area contributed by atoms with Gasteiger partial charge in [-0.3, -0.25) is 0 Å². The van der Waals surface area contributed by atoms with Gasteiger partial charge in [0.15, 0.2) is 0 Å². The molecule has 88 valence electrons. The van der Waals surface area contributed by atoms with Gasteiger partial charge in [0, 0.05) is 0 Å². The first-order valence-corrected chi connectivity index (χ1v) is 7.09. The van der Waals surface area contributed by atoms with Crippen molar-refractivity contribution in [1.82, 2.24) is 0 Å². The average Bonchev–Trinajstić information content (AvgIpc) is 2.17. The zero-order valence-corrected chi connectivity index (χ0v) is 11.0. The fourth-order valence-corrected chi connectivity index (χ4v) is 4.36. The van der Waals surface area contributed by atoms with Crippen LogP contribution in [0.1, 0.15) is 59.8 Å². The summed E-state index contributed by atoms with van der Waals surface area (Å²) in [5.74, 6) is 6.10. The van der Waals surface area contributed by atoms with Crippen molar-refractivity contribution in [1.29, 1.82) is 0 Å². The molecule has 0 radical (unpaired) electrons. The van der Waals surface area contributed by atoms with Crippen LogP contribution in [0.4, 0.5) is 0 Å². The molecule has 0 unspecified atom stereocenters. The van der Waals surface area contributed by atoms with E-state index in [1.165, 1.54) is 32.1 Å². The van der Waals surface area contributed by atoms with E-state index in [9.17, 15) is 0 Å². The second-order valence-electron chi connectivity index (χ2n) is 6.71. The van der Waals surface area contributed by atoms with Crippen molar-refractivity contribution < 1.29 is 0 Å². The van der Waals surface area contributed by atoms with Crippen molar-refractivity contribution >= 4 is 0 Å². The molecule has 0 aromatic heterocycles. The quantitative estimate of drug-likeness (QED) is 0.584. The summed E-state index contributed by atoms with van der Waals surface area (Å²) in [6, 6.07) is 0. The Bertz CT molecular complexity index is 202. The molecule has 5 atom stereocenters. The molecule has 0 amide bonds. The minimum atomic E-state index is 0.912. The van der Waals surface area contributed by atoms with Gasteiger partial charge in [0.1, 0.15) is 0 Å². The second-order valence-corrected chi connectivity index (χ2v) is 6.71. The van der Waals surface area contributed by atoms with Gasteiger partial charge in [-0.15, -0.1) is 0 Å². The van der Waals surface area contributed by atoms with E-state index in [-0.39, 0.29) is 0 Å². The van der Waals surface area contributed by atoms with Gasteiger partial charge in [-0.25, -0.2) is 0 Å². The lowest BCUT2D eigenvalue weighted by Crippen LogP contribution is -2.39. The fraction of sp³-hybridized carbons (Fsp3) is 1.00. The average molecular weight is 208 g/mol. The maximum absolute atomic E-state index is 2.50. The Morgan fingerprint density at radius 3 is 2.27 bits per heavy atom. The summed E-state index contributed by atoms with van der Waals surface area (Å²) in [7, 11) is 0. The molecular weight excluding hydrogens is 180 g/mol. The molecule has 0 heterocycles. The number of hydrogen-bond donors (Lipinski definition) is 0. The minimum Gasteiger partial charge on any atom is -0.0625 e. The highest BCUT2D eigenvalue weighted by Crippen LogP contribution is 2.50. The van der Waals surface area contributed by atoms with Gasteiger partial charge < -0.3 is 0 Å². The Morgan fingerprint density at radius 1 is 0.867 bits per heavy atom. The molecule has 15 heavy (non-hydrogen) atoms. The normalized spacial score (nSPS) is 46.6. The van der Waals surface area contributed by atoms with Crippen LogP contribution in [0.3, 0.4) is 0 Å². The molecule has 0 spiro atoms. The van der Waals surface area contributed by atoms with E-state index < -0.39 is 0 Å². The molecule has 0 heteroatoms. The monoisotopic (exact) mass is 208 g/mol. The predicted octanol–water partition coefficient (Wildman–Crippen LogP) is 4.74. The maximum Gasteiger partial charge on any atom is -0.0350 e. The van der Waals surface area contributed by atoms with E-state index in [1.807, 2.05) is 0 Å². The molecule has 2 aliphatic rings. The van der Waals surface area contributed by atoms with Crippen LogP contribution in [0, 0.1) is 35.5 Å². The van der Waals surface area contributed by atoms with E-state index in [1.54, 1.807) is 0 Å². The Kier molecular flexibility index (Phi) is 3.42. The third-order valence-electron chi connectivity index (χ3n) is 5.31. The first kappa shape index (κ1) is 11.5. The SMILES string of the molecule is CC(C)[C@@H]1CC[C@H](C)[C@H]2CC[C@H](C)C[C@H]21. The van der Waals surface area contributed by atoms with Gasteiger partial charge in [0.2, 0.25) is 0 Å². The molecule has 0 saturated heterocycles. The molecule has 2 aliphatic carbocycles. The van der Waals surface area contributed by atoms with Crippen LogP contribution in [-0.4, -0.2) is 0 Å². The van der Waals surface area contributed by atoms with Crippen LogP contribution in [0.2, 0.25) is 0 Å². The topological polar surface area (TPSA) is 0 Å². The highest BCUT2D eigenvalue weighted by Gasteiger charge is 2.41. The summed E-state index contributed by atoms with van der Waals surface area (Å²) in [4.78, 5) is 0. The van der Waals surface area contributed by atoms with E-state index in [0.29, 0.717) is 0 Å². The maximum atomic E-state index is 2.50. The Hall–Kier alpha value is 0. The second kappa shape index (κ2) is 4.47. The van der Waals surface area contributed by atoms with Gasteiger partial charge in [0.25, 0.3) is 0 Å². The van der Waals surface area contributed by atoms with Crippen molar-refractivity contribution in [3.05, 3.63) is 0 Å². The molecule has 0 nitrogen and oxygen atoms in total. The van der Waals surface area contributed by atoms with Crippen LogP contribution in [0.25, 0.3) is 0 Å². The minimum absolute atomic E-state index is 0.912. The lowest BCUT2D eigenvalue weighted by atomic mass is 9.57. The molecule has 0 aromatic rings. The Balaban J connectivity index is 2.10. The number of hydrogen-bond acceptors (Lipinski definition) is 0. The summed E-state index contributed by atoms with van der Waals surface area (Å²) in [6.45, 7) is 9.85. The molecule has 0 N–H and O–H groups in total. The number of fused-ring (bicyclic) bond motifs is 1. The third-order valence-corrected chi connectivity index (χ3v) is 5.31. The highest BCUT2D eigenvalue weighted by atomic mass is 14.5. The van der Waals surface area contributed by atoms with E-state index >= 15 is 0 Å².